The van der Waals surface area contributed by atoms with Crippen LogP contribution in [0.2, 0.25) is 5.02 Å². The number of para-hydroxylation sites is 1. The number of hydrogen-bond donors (Lipinski definition) is 1. The summed E-state index contributed by atoms with van der Waals surface area (Å²) >= 11 is 5.83. The second-order valence-corrected chi connectivity index (χ2v) is 6.11. The predicted molar refractivity (Wildman–Crippen MR) is 101 cm³/mol. The van der Waals surface area contributed by atoms with Gasteiger partial charge in [-0.05, 0) is 48.0 Å². The summed E-state index contributed by atoms with van der Waals surface area (Å²) in [6, 6.07) is 20.6. The standard InChI is InChI=1S/C20H13ClN2O4/c21-14-8-10-16(11-9-14)26-19-22-23(20(25)27-19)15-5-3-4-13(12-15)17-6-1-2-7-18(17)24/h1-12,24H. The molecule has 134 valence electrons. The fourth-order valence-corrected chi connectivity index (χ4v) is 2.72. The van der Waals surface area contributed by atoms with Crippen LogP contribution in [-0.2, 0) is 0 Å². The van der Waals surface area contributed by atoms with E-state index in [4.69, 9.17) is 20.8 Å². The normalized spacial score (nSPS) is 10.7. The Kier molecular flexibility index (Phi) is 4.40. The molecule has 0 aliphatic carbocycles. The Bertz CT molecular complexity index is 1150. The van der Waals surface area contributed by atoms with Gasteiger partial charge in [0, 0.05) is 10.6 Å². The first-order valence-corrected chi connectivity index (χ1v) is 8.40. The highest BCUT2D eigenvalue weighted by Crippen LogP contribution is 2.29. The molecule has 4 rings (SSSR count). The number of rotatable bonds is 4. The van der Waals surface area contributed by atoms with Gasteiger partial charge in [-0.25, -0.2) is 4.79 Å². The maximum atomic E-state index is 12.2. The van der Waals surface area contributed by atoms with E-state index in [1.807, 2.05) is 12.1 Å². The number of phenols is 1. The molecule has 4 aromatic rings. The number of benzene rings is 3. The molecular weight excluding hydrogens is 368 g/mol. The largest absolute Gasteiger partial charge is 0.507 e. The number of ether oxygens (including phenoxy) is 1. The molecule has 0 atom stereocenters. The van der Waals surface area contributed by atoms with Gasteiger partial charge in [0.1, 0.15) is 11.5 Å². The number of nitrogens with zero attached hydrogens (tertiary/aromatic N) is 2. The van der Waals surface area contributed by atoms with Crippen LogP contribution in [0.1, 0.15) is 0 Å². The van der Waals surface area contributed by atoms with Gasteiger partial charge < -0.3 is 14.3 Å². The lowest BCUT2D eigenvalue weighted by molar-refractivity contribution is 0.320. The molecule has 0 fully saturated rings. The summed E-state index contributed by atoms with van der Waals surface area (Å²) in [4.78, 5) is 12.2. The van der Waals surface area contributed by atoms with E-state index in [2.05, 4.69) is 5.10 Å². The molecule has 1 aromatic heterocycles. The van der Waals surface area contributed by atoms with Crippen LogP contribution in [0, 0.1) is 0 Å². The highest BCUT2D eigenvalue weighted by Gasteiger charge is 2.13. The highest BCUT2D eigenvalue weighted by molar-refractivity contribution is 6.30. The summed E-state index contributed by atoms with van der Waals surface area (Å²) in [5.74, 6) is -0.0990. The number of aromatic nitrogens is 2. The predicted octanol–water partition coefficient (Wildman–Crippen LogP) is 4.64. The van der Waals surface area contributed by atoms with Crippen molar-refractivity contribution in [3.63, 3.8) is 0 Å². The van der Waals surface area contributed by atoms with E-state index in [-0.39, 0.29) is 11.8 Å². The second-order valence-electron chi connectivity index (χ2n) is 5.67. The lowest BCUT2D eigenvalue weighted by Gasteiger charge is -2.06. The third kappa shape index (κ3) is 3.56. The van der Waals surface area contributed by atoms with Crippen molar-refractivity contribution >= 4 is 11.6 Å². The van der Waals surface area contributed by atoms with E-state index in [0.29, 0.717) is 22.0 Å². The molecule has 6 nitrogen and oxygen atoms in total. The number of hydrogen-bond acceptors (Lipinski definition) is 5. The van der Waals surface area contributed by atoms with Crippen molar-refractivity contribution in [2.45, 2.75) is 0 Å². The summed E-state index contributed by atoms with van der Waals surface area (Å²) < 4.78 is 11.6. The molecule has 3 aromatic carbocycles. The lowest BCUT2D eigenvalue weighted by atomic mass is 10.0. The SMILES string of the molecule is O=c1oc(Oc2ccc(Cl)cc2)nn1-c1cccc(-c2ccccc2O)c1. The maximum absolute atomic E-state index is 12.2. The first kappa shape index (κ1) is 16.9. The third-order valence-corrected chi connectivity index (χ3v) is 4.11. The van der Waals surface area contributed by atoms with Gasteiger partial charge >= 0.3 is 11.8 Å². The van der Waals surface area contributed by atoms with Crippen LogP contribution in [0.3, 0.4) is 0 Å². The maximum Gasteiger partial charge on any atom is 0.444 e. The van der Waals surface area contributed by atoms with Crippen molar-refractivity contribution in [1.29, 1.82) is 0 Å². The zero-order chi connectivity index (χ0) is 18.8. The smallest absolute Gasteiger partial charge is 0.444 e. The molecule has 0 spiro atoms. The minimum Gasteiger partial charge on any atom is -0.507 e. The van der Waals surface area contributed by atoms with Crippen LogP contribution in [0.25, 0.3) is 16.8 Å². The zero-order valence-electron chi connectivity index (χ0n) is 13.9. The molecule has 0 radical (unpaired) electrons. The molecule has 1 heterocycles. The number of phenolic OH excluding ortho intramolecular Hbond substituents is 1. The Balaban J connectivity index is 1.67. The summed E-state index contributed by atoms with van der Waals surface area (Å²) in [6.45, 7) is 0. The zero-order valence-corrected chi connectivity index (χ0v) is 14.6. The molecule has 0 bridgehead atoms. The average Bonchev–Trinajstić information content (AvgIpc) is 3.04. The molecule has 0 aliphatic rings. The molecule has 0 saturated heterocycles. The lowest BCUT2D eigenvalue weighted by Crippen LogP contribution is -2.13. The Morgan fingerprint density at radius 2 is 1.78 bits per heavy atom. The summed E-state index contributed by atoms with van der Waals surface area (Å²) in [5, 5.41) is 14.7. The van der Waals surface area contributed by atoms with Crippen molar-refractivity contribution in [3.8, 4) is 34.4 Å². The molecule has 1 N–H and O–H groups in total. The van der Waals surface area contributed by atoms with Gasteiger partial charge in [-0.1, -0.05) is 47.0 Å². The van der Waals surface area contributed by atoms with Crippen molar-refractivity contribution in [1.82, 2.24) is 9.78 Å². The van der Waals surface area contributed by atoms with Crippen LogP contribution in [-0.4, -0.2) is 14.9 Å². The van der Waals surface area contributed by atoms with E-state index in [0.717, 1.165) is 10.2 Å². The molecule has 0 aliphatic heterocycles. The Labute approximate surface area is 158 Å². The summed E-state index contributed by atoms with van der Waals surface area (Å²) in [6.07, 6.45) is -0.185. The molecule has 0 saturated carbocycles. The molecule has 0 unspecified atom stereocenters. The van der Waals surface area contributed by atoms with Gasteiger partial charge in [0.05, 0.1) is 5.69 Å². The van der Waals surface area contributed by atoms with Crippen LogP contribution >= 0.6 is 11.6 Å². The first-order chi connectivity index (χ1) is 13.1. The van der Waals surface area contributed by atoms with E-state index < -0.39 is 5.76 Å². The molecule has 0 amide bonds. The molecule has 7 heteroatoms. The minimum absolute atomic E-state index is 0.147. The van der Waals surface area contributed by atoms with Gasteiger partial charge in [0.2, 0.25) is 0 Å². The number of aromatic hydroxyl groups is 1. The number of halogens is 1. The monoisotopic (exact) mass is 380 g/mol. The average molecular weight is 381 g/mol. The first-order valence-electron chi connectivity index (χ1n) is 8.02. The Hall–Kier alpha value is -3.51. The summed E-state index contributed by atoms with van der Waals surface area (Å²) in [7, 11) is 0. The van der Waals surface area contributed by atoms with Crippen LogP contribution in [0.15, 0.2) is 82.0 Å². The second kappa shape index (κ2) is 7.01. The van der Waals surface area contributed by atoms with Crippen molar-refractivity contribution in [2.24, 2.45) is 0 Å². The quantitative estimate of drug-likeness (QED) is 0.558. The fraction of sp³-hybridized carbons (Fsp3) is 0. The summed E-state index contributed by atoms with van der Waals surface area (Å²) in [5.41, 5.74) is 1.87. The van der Waals surface area contributed by atoms with Crippen molar-refractivity contribution in [3.05, 3.63) is 88.4 Å². The van der Waals surface area contributed by atoms with Gasteiger partial charge in [-0.2, -0.15) is 4.68 Å². The highest BCUT2D eigenvalue weighted by atomic mass is 35.5. The third-order valence-electron chi connectivity index (χ3n) is 3.85. The topological polar surface area (TPSA) is 77.5 Å². The van der Waals surface area contributed by atoms with Crippen LogP contribution < -0.4 is 10.5 Å². The fourth-order valence-electron chi connectivity index (χ4n) is 2.59. The Morgan fingerprint density at radius 1 is 1.00 bits per heavy atom. The minimum atomic E-state index is -0.687. The van der Waals surface area contributed by atoms with E-state index in [1.165, 1.54) is 0 Å². The van der Waals surface area contributed by atoms with E-state index >= 15 is 0 Å². The van der Waals surface area contributed by atoms with E-state index in [9.17, 15) is 9.90 Å². The van der Waals surface area contributed by atoms with Crippen LogP contribution in [0.5, 0.6) is 17.6 Å². The Morgan fingerprint density at radius 3 is 2.56 bits per heavy atom. The molecular formula is C20H13ClN2O4. The van der Waals surface area contributed by atoms with E-state index in [1.54, 1.807) is 60.7 Å². The van der Waals surface area contributed by atoms with Gasteiger partial charge in [0.15, 0.2) is 0 Å². The van der Waals surface area contributed by atoms with Crippen molar-refractivity contribution in [2.75, 3.05) is 0 Å². The molecule has 27 heavy (non-hydrogen) atoms. The van der Waals surface area contributed by atoms with Gasteiger partial charge in [-0.15, -0.1) is 0 Å². The van der Waals surface area contributed by atoms with Crippen molar-refractivity contribution < 1.29 is 14.3 Å². The van der Waals surface area contributed by atoms with Gasteiger partial charge in [-0.3, -0.25) is 0 Å². The van der Waals surface area contributed by atoms with Crippen LogP contribution in [0.4, 0.5) is 0 Å². The van der Waals surface area contributed by atoms with Gasteiger partial charge in [0.25, 0.3) is 0 Å².